The Bertz CT molecular complexity index is 464. The number of nitrogens with one attached hydrogen (secondary N) is 3. The van der Waals surface area contributed by atoms with Crippen LogP contribution in [0.5, 0.6) is 0 Å². The van der Waals surface area contributed by atoms with Gasteiger partial charge in [-0.2, -0.15) is 0 Å². The second-order valence-electron chi connectivity index (χ2n) is 3.85. The molecule has 0 aliphatic carbocycles. The first-order chi connectivity index (χ1) is 9.08. The van der Waals surface area contributed by atoms with Crippen LogP contribution in [-0.4, -0.2) is 33.1 Å². The predicted molar refractivity (Wildman–Crippen MR) is 68.2 cm³/mol. The number of carbonyl (C=O) groups excluding carboxylic acids is 1. The highest BCUT2D eigenvalue weighted by Gasteiger charge is 2.21. The van der Waals surface area contributed by atoms with Crippen molar-refractivity contribution in [3.63, 3.8) is 0 Å². The number of hydrogen-bond acceptors (Lipinski definition) is 3. The van der Waals surface area contributed by atoms with Crippen molar-refractivity contribution < 1.29 is 14.7 Å². The molecule has 0 saturated heterocycles. The minimum Gasteiger partial charge on any atom is -0.480 e. The van der Waals surface area contributed by atoms with Crippen LogP contribution in [0.3, 0.4) is 0 Å². The number of terminal acetylenes is 1. The van der Waals surface area contributed by atoms with Crippen LogP contribution in [0.4, 0.5) is 4.79 Å². The van der Waals surface area contributed by atoms with Crippen molar-refractivity contribution in [1.82, 2.24) is 20.6 Å². The van der Waals surface area contributed by atoms with E-state index in [1.807, 2.05) is 6.92 Å². The Morgan fingerprint density at radius 1 is 1.58 bits per heavy atom. The number of H-pyrrole nitrogens is 1. The van der Waals surface area contributed by atoms with Crippen LogP contribution in [-0.2, 0) is 4.79 Å². The molecule has 0 saturated carbocycles. The van der Waals surface area contributed by atoms with Gasteiger partial charge in [-0.05, 0) is 6.42 Å². The number of carboxylic acid groups (broad SMARTS) is 1. The summed E-state index contributed by atoms with van der Waals surface area (Å²) in [6.07, 6.45) is 8.83. The van der Waals surface area contributed by atoms with E-state index in [2.05, 4.69) is 26.5 Å². The minimum absolute atomic E-state index is 0.0691. The van der Waals surface area contributed by atoms with Crippen molar-refractivity contribution >= 4 is 12.0 Å². The number of aromatic amines is 1. The Kier molecular flexibility index (Phi) is 5.41. The fraction of sp³-hybridized carbons (Fsp3) is 0.417. The number of amides is 2. The molecule has 1 aromatic rings. The third kappa shape index (κ3) is 4.35. The maximum Gasteiger partial charge on any atom is 0.327 e. The van der Waals surface area contributed by atoms with Crippen molar-refractivity contribution in [2.24, 2.45) is 0 Å². The normalized spacial score (nSPS) is 13.1. The zero-order chi connectivity index (χ0) is 14.3. The quantitative estimate of drug-likeness (QED) is 0.565. The van der Waals surface area contributed by atoms with Crippen molar-refractivity contribution in [3.8, 4) is 12.3 Å². The van der Waals surface area contributed by atoms with Crippen LogP contribution >= 0.6 is 0 Å². The molecule has 19 heavy (non-hydrogen) atoms. The molecule has 1 heterocycles. The zero-order valence-corrected chi connectivity index (χ0v) is 10.5. The summed E-state index contributed by atoms with van der Waals surface area (Å²) in [4.78, 5) is 29.5. The lowest BCUT2D eigenvalue weighted by atomic mass is 10.2. The van der Waals surface area contributed by atoms with Crippen LogP contribution in [0, 0.1) is 12.3 Å². The molecule has 2 unspecified atom stereocenters. The molecule has 2 amide bonds. The van der Waals surface area contributed by atoms with E-state index in [1.165, 1.54) is 0 Å². The molecule has 7 heteroatoms. The average Bonchev–Trinajstić information content (AvgIpc) is 2.89. The maximum absolute atomic E-state index is 11.7. The molecule has 7 nitrogen and oxygen atoms in total. The average molecular weight is 264 g/mol. The van der Waals surface area contributed by atoms with Gasteiger partial charge in [0.2, 0.25) is 0 Å². The standard InChI is InChI=1S/C12H16N4O3/c1-3-5-9(11(17)18)16-12(19)15-8(4-2)10-13-6-7-14-10/h1,6-9H,4-5H2,2H3,(H,13,14)(H,17,18)(H2,15,16,19). The fourth-order valence-electron chi connectivity index (χ4n) is 1.51. The van der Waals surface area contributed by atoms with E-state index >= 15 is 0 Å². The summed E-state index contributed by atoms with van der Waals surface area (Å²) in [6.45, 7) is 1.88. The molecule has 4 N–H and O–H groups in total. The summed E-state index contributed by atoms with van der Waals surface area (Å²) in [6, 6.07) is -2.00. The van der Waals surface area contributed by atoms with Gasteiger partial charge in [-0.25, -0.2) is 14.6 Å². The van der Waals surface area contributed by atoms with E-state index in [1.54, 1.807) is 12.4 Å². The van der Waals surface area contributed by atoms with Crippen molar-refractivity contribution in [2.45, 2.75) is 31.8 Å². The molecule has 0 spiro atoms. The molecule has 0 radical (unpaired) electrons. The van der Waals surface area contributed by atoms with Gasteiger partial charge in [0.05, 0.1) is 6.04 Å². The Labute approximate surface area is 110 Å². The number of rotatable bonds is 6. The van der Waals surface area contributed by atoms with Crippen molar-refractivity contribution in [3.05, 3.63) is 18.2 Å². The maximum atomic E-state index is 11.7. The third-order valence-corrected chi connectivity index (χ3v) is 2.49. The highest BCUT2D eigenvalue weighted by atomic mass is 16.4. The number of carbonyl (C=O) groups is 2. The molecule has 0 fully saturated rings. The predicted octanol–water partition coefficient (Wildman–Crippen LogP) is 0.636. The number of imidazole rings is 1. The van der Waals surface area contributed by atoms with E-state index in [-0.39, 0.29) is 12.5 Å². The fourth-order valence-corrected chi connectivity index (χ4v) is 1.51. The van der Waals surface area contributed by atoms with E-state index in [0.29, 0.717) is 12.2 Å². The topological polar surface area (TPSA) is 107 Å². The Hall–Kier alpha value is -2.49. The van der Waals surface area contributed by atoms with Crippen LogP contribution in [0.1, 0.15) is 31.6 Å². The van der Waals surface area contributed by atoms with Gasteiger partial charge < -0.3 is 20.7 Å². The van der Waals surface area contributed by atoms with Crippen LogP contribution in [0.2, 0.25) is 0 Å². The minimum atomic E-state index is -1.17. The van der Waals surface area contributed by atoms with Gasteiger partial charge in [0.15, 0.2) is 0 Å². The highest BCUT2D eigenvalue weighted by Crippen LogP contribution is 2.10. The monoisotopic (exact) mass is 264 g/mol. The molecular weight excluding hydrogens is 248 g/mol. The molecule has 1 rings (SSSR count). The van der Waals surface area contributed by atoms with Gasteiger partial charge in [0.25, 0.3) is 0 Å². The lowest BCUT2D eigenvalue weighted by Gasteiger charge is -2.17. The lowest BCUT2D eigenvalue weighted by molar-refractivity contribution is -0.139. The number of nitrogens with zero attached hydrogens (tertiary/aromatic N) is 1. The molecule has 0 aromatic carbocycles. The van der Waals surface area contributed by atoms with Gasteiger partial charge in [-0.15, -0.1) is 12.3 Å². The van der Waals surface area contributed by atoms with E-state index in [4.69, 9.17) is 11.5 Å². The molecule has 0 bridgehead atoms. The molecule has 2 atom stereocenters. The summed E-state index contributed by atoms with van der Waals surface area (Å²) in [7, 11) is 0. The smallest absolute Gasteiger partial charge is 0.327 e. The Balaban J connectivity index is 2.58. The first kappa shape index (κ1) is 14.6. The molecule has 102 valence electrons. The van der Waals surface area contributed by atoms with Crippen LogP contribution in [0.15, 0.2) is 12.4 Å². The van der Waals surface area contributed by atoms with Gasteiger partial charge >= 0.3 is 12.0 Å². The Morgan fingerprint density at radius 2 is 2.32 bits per heavy atom. The van der Waals surface area contributed by atoms with Gasteiger partial charge in [-0.1, -0.05) is 6.92 Å². The van der Waals surface area contributed by atoms with Crippen molar-refractivity contribution in [1.29, 1.82) is 0 Å². The summed E-state index contributed by atoms with van der Waals surface area (Å²) in [5.41, 5.74) is 0. The van der Waals surface area contributed by atoms with Gasteiger partial charge in [0.1, 0.15) is 11.9 Å². The summed E-state index contributed by atoms with van der Waals surface area (Å²) in [5, 5.41) is 13.8. The van der Waals surface area contributed by atoms with Gasteiger partial charge in [0, 0.05) is 18.8 Å². The second-order valence-corrected chi connectivity index (χ2v) is 3.85. The summed E-state index contributed by atoms with van der Waals surface area (Å²) >= 11 is 0. The number of urea groups is 1. The highest BCUT2D eigenvalue weighted by molar-refractivity contribution is 5.82. The Morgan fingerprint density at radius 3 is 2.79 bits per heavy atom. The number of hydrogen-bond donors (Lipinski definition) is 4. The van der Waals surface area contributed by atoms with Gasteiger partial charge in [-0.3, -0.25) is 0 Å². The van der Waals surface area contributed by atoms with Crippen LogP contribution in [0.25, 0.3) is 0 Å². The number of carboxylic acids is 1. The van der Waals surface area contributed by atoms with E-state index < -0.39 is 18.0 Å². The van der Waals surface area contributed by atoms with E-state index in [0.717, 1.165) is 0 Å². The second kappa shape index (κ2) is 7.06. The SMILES string of the molecule is C#CCC(NC(=O)NC(CC)c1ncc[nH]1)C(=O)O. The zero-order valence-electron chi connectivity index (χ0n) is 10.5. The molecule has 0 aliphatic heterocycles. The van der Waals surface area contributed by atoms with Crippen LogP contribution < -0.4 is 10.6 Å². The summed E-state index contributed by atoms with van der Waals surface area (Å²) in [5.74, 6) is 1.65. The molecular formula is C12H16N4O3. The summed E-state index contributed by atoms with van der Waals surface area (Å²) < 4.78 is 0. The number of aliphatic carboxylic acids is 1. The van der Waals surface area contributed by atoms with Crippen molar-refractivity contribution in [2.75, 3.05) is 0 Å². The molecule has 0 aliphatic rings. The largest absolute Gasteiger partial charge is 0.480 e. The first-order valence-corrected chi connectivity index (χ1v) is 5.81. The first-order valence-electron chi connectivity index (χ1n) is 5.81. The molecule has 1 aromatic heterocycles. The number of aromatic nitrogens is 2. The lowest BCUT2D eigenvalue weighted by Crippen LogP contribution is -2.46. The third-order valence-electron chi connectivity index (χ3n) is 2.49. The van der Waals surface area contributed by atoms with E-state index in [9.17, 15) is 9.59 Å².